The minimum atomic E-state index is -4.72. The first kappa shape index (κ1) is 48.9. The van der Waals surface area contributed by atoms with Crippen molar-refractivity contribution < 1.29 is 42.2 Å². The molecule has 0 bridgehead atoms. The van der Waals surface area contributed by atoms with Crippen LogP contribution in [-0.2, 0) is 19.5 Å². The summed E-state index contributed by atoms with van der Waals surface area (Å²) >= 11 is 0. The Hall–Kier alpha value is -5.99. The number of pyridine rings is 1. The number of amides is 1. The molecular formula is C55H66N8O10S. The van der Waals surface area contributed by atoms with E-state index in [-0.39, 0.29) is 53.1 Å². The van der Waals surface area contributed by atoms with Gasteiger partial charge in [0, 0.05) is 61.7 Å². The molecule has 4 atom stereocenters. The van der Waals surface area contributed by atoms with Crippen LogP contribution in [0.3, 0.4) is 0 Å². The summed E-state index contributed by atoms with van der Waals surface area (Å²) in [7, 11) is -4.72. The van der Waals surface area contributed by atoms with E-state index in [2.05, 4.69) is 67.8 Å². The quantitative estimate of drug-likeness (QED) is 0.0765. The van der Waals surface area contributed by atoms with Crippen LogP contribution < -0.4 is 29.3 Å². The van der Waals surface area contributed by atoms with Crippen LogP contribution in [0.25, 0.3) is 11.0 Å². The fourth-order valence-electron chi connectivity index (χ4n) is 13.2. The fourth-order valence-corrected chi connectivity index (χ4v) is 14.2. The Labute approximate surface area is 431 Å². The number of carbonyl (C=O) groups excluding carboxylic acids is 1. The number of nitrogens with one attached hydrogen (secondary N) is 3. The molecule has 12 rings (SSSR count). The number of aromatic nitrogens is 2. The number of anilines is 4. The van der Waals surface area contributed by atoms with Gasteiger partial charge in [0.25, 0.3) is 21.6 Å². The molecule has 1 spiro atoms. The molecule has 2 saturated carbocycles. The van der Waals surface area contributed by atoms with E-state index in [9.17, 15) is 28.4 Å². The molecule has 2 aliphatic carbocycles. The highest BCUT2D eigenvalue weighted by Gasteiger charge is 2.50. The molecular weight excluding hydrogens is 965 g/mol. The third-order valence-corrected chi connectivity index (χ3v) is 18.8. The summed E-state index contributed by atoms with van der Waals surface area (Å²) in [5, 5.41) is 27.2. The number of fused-ring (bicyclic) bond motifs is 4. The lowest BCUT2D eigenvalue weighted by Gasteiger charge is -2.57. The monoisotopic (exact) mass is 1030 g/mol. The Balaban J connectivity index is 0.831. The van der Waals surface area contributed by atoms with E-state index in [4.69, 9.17) is 23.9 Å². The molecule has 7 heterocycles. The summed E-state index contributed by atoms with van der Waals surface area (Å²) in [4.78, 5) is 41.5. The van der Waals surface area contributed by atoms with Crippen molar-refractivity contribution in [2.45, 2.75) is 125 Å². The Kier molecular flexibility index (Phi) is 12.6. The highest BCUT2D eigenvalue weighted by atomic mass is 32.2. The maximum Gasteiger partial charge on any atom is 0.297 e. The highest BCUT2D eigenvalue weighted by molar-refractivity contribution is 7.90. The van der Waals surface area contributed by atoms with Crippen molar-refractivity contribution >= 4 is 55.4 Å². The smallest absolute Gasteiger partial charge is 0.297 e. The second-order valence-corrected chi connectivity index (χ2v) is 24.1. The van der Waals surface area contributed by atoms with Gasteiger partial charge in [0.1, 0.15) is 24.0 Å². The third-order valence-electron chi connectivity index (χ3n) is 17.4. The van der Waals surface area contributed by atoms with E-state index in [1.807, 2.05) is 31.2 Å². The van der Waals surface area contributed by atoms with Crippen molar-refractivity contribution in [1.29, 1.82) is 0 Å². The minimum Gasteiger partial charge on any atom is -0.489 e. The molecule has 5 fully saturated rings. The minimum absolute atomic E-state index is 0.00797. The molecule has 0 unspecified atom stereocenters. The summed E-state index contributed by atoms with van der Waals surface area (Å²) in [5.41, 5.74) is 4.60. The predicted octanol–water partition coefficient (Wildman–Crippen LogP) is 8.34. The van der Waals surface area contributed by atoms with Gasteiger partial charge in [-0.15, -0.1) is 0 Å². The largest absolute Gasteiger partial charge is 0.489 e. The summed E-state index contributed by atoms with van der Waals surface area (Å²) in [5.74, 6) is -0.0106. The van der Waals surface area contributed by atoms with Gasteiger partial charge in [-0.1, -0.05) is 38.1 Å². The van der Waals surface area contributed by atoms with Crippen molar-refractivity contribution in [3.63, 3.8) is 0 Å². The Morgan fingerprint density at radius 1 is 0.932 bits per heavy atom. The van der Waals surface area contributed by atoms with Gasteiger partial charge in [0.2, 0.25) is 5.88 Å². The molecule has 392 valence electrons. The van der Waals surface area contributed by atoms with Crippen LogP contribution in [0.5, 0.6) is 11.6 Å². The number of hydrogen-bond donors (Lipinski definition) is 4. The molecule has 74 heavy (non-hydrogen) atoms. The van der Waals surface area contributed by atoms with Crippen LogP contribution in [0.1, 0.15) is 112 Å². The number of nitrogens with zero attached hydrogens (tertiary/aromatic N) is 5. The number of hydrogen-bond acceptors (Lipinski definition) is 15. The standard InChI is InChI=1S/C55H66N8O10S/c1-33(2)39-6-4-5-7-40(39)47-31-71-23-21-61(47)37-28-55(29-37)16-19-60(20-17-55)36-8-9-41(44(25-36)62-43-13-22-70-32-49(43)73-53-46(62)24-35-12-18-56-51(35)58-53)52(64)59-74(68,69)38-26-45(63(66)67)50-48(27-38)72-30-42(57-50)34-10-14-54(3,65)15-11-34/h4-9,12,18,24-27,33-34,37,42-43,47,49,57,65H,10-11,13-17,19-23,28-32H2,1-3H3,(H,56,58)(H,59,64)/t34?,42-,43-,47-,49-,54?/m0/s1. The summed E-state index contributed by atoms with van der Waals surface area (Å²) in [6.07, 6.45) is 8.85. The van der Waals surface area contributed by atoms with Gasteiger partial charge in [0.05, 0.1) is 64.6 Å². The number of ether oxygens (including phenoxy) is 4. The number of nitro groups is 1. The zero-order valence-electron chi connectivity index (χ0n) is 42.3. The highest BCUT2D eigenvalue weighted by Crippen LogP contribution is 2.54. The molecule has 1 amide bonds. The molecule has 0 radical (unpaired) electrons. The zero-order chi connectivity index (χ0) is 51.1. The number of sulfonamides is 1. The first-order valence-electron chi connectivity index (χ1n) is 26.5. The van der Waals surface area contributed by atoms with Gasteiger partial charge in [0.15, 0.2) is 11.4 Å². The molecule has 4 N–H and O–H groups in total. The molecule has 5 aromatic rings. The third kappa shape index (κ3) is 9.01. The van der Waals surface area contributed by atoms with E-state index in [1.54, 1.807) is 12.3 Å². The van der Waals surface area contributed by atoms with Crippen molar-refractivity contribution in [3.8, 4) is 11.6 Å². The maximum atomic E-state index is 14.8. The lowest BCUT2D eigenvalue weighted by atomic mass is 9.59. The van der Waals surface area contributed by atoms with Crippen molar-refractivity contribution in [2.24, 2.45) is 11.3 Å². The Morgan fingerprint density at radius 2 is 1.72 bits per heavy atom. The number of benzene rings is 3. The van der Waals surface area contributed by atoms with Crippen LogP contribution in [0.4, 0.5) is 28.4 Å². The van der Waals surface area contributed by atoms with Crippen molar-refractivity contribution in [1.82, 2.24) is 19.6 Å². The van der Waals surface area contributed by atoms with Crippen molar-refractivity contribution in [2.75, 3.05) is 67.8 Å². The van der Waals surface area contributed by atoms with Crippen LogP contribution in [0, 0.1) is 21.4 Å². The topological polar surface area (TPSA) is 214 Å². The van der Waals surface area contributed by atoms with E-state index in [0.29, 0.717) is 86.8 Å². The fraction of sp³-hybridized carbons (Fsp3) is 0.527. The molecule has 2 aromatic heterocycles. The average molecular weight is 1030 g/mol. The van der Waals surface area contributed by atoms with E-state index in [1.165, 1.54) is 17.2 Å². The number of carbonyl (C=O) groups is 1. The van der Waals surface area contributed by atoms with E-state index < -0.39 is 43.1 Å². The lowest BCUT2D eigenvalue weighted by Crippen LogP contribution is -2.58. The summed E-state index contributed by atoms with van der Waals surface area (Å²) in [6, 6.07) is 20.7. The van der Waals surface area contributed by atoms with Gasteiger partial charge in [-0.2, -0.15) is 4.98 Å². The lowest BCUT2D eigenvalue weighted by molar-refractivity contribution is -0.384. The molecule has 5 aliphatic heterocycles. The SMILES string of the molecule is CC(C)c1ccccc1[C@@H]1COCCN1C1CC2(CCN(c3ccc(C(=O)NS(=O)(=O)c4cc5c(c([N+](=O)[O-])c4)N[C@H](C4CCC(C)(O)CC4)CO5)c(N4c5cc6cc[nH]c6nc5O[C@H]5COCC[C@@H]54)c3)CC2)C1. The second kappa shape index (κ2) is 19.0. The first-order chi connectivity index (χ1) is 35.6. The second-order valence-electron chi connectivity index (χ2n) is 22.5. The van der Waals surface area contributed by atoms with Gasteiger partial charge in [-0.05, 0) is 123 Å². The number of rotatable bonds is 10. The number of aromatic amines is 1. The van der Waals surface area contributed by atoms with E-state index in [0.717, 1.165) is 69.1 Å². The number of nitro benzene ring substituents is 1. The summed E-state index contributed by atoms with van der Waals surface area (Å²) in [6.45, 7) is 11.2. The molecule has 3 aromatic carbocycles. The number of aliphatic hydroxyl groups is 1. The Bertz CT molecular complexity index is 3080. The van der Waals surface area contributed by atoms with E-state index >= 15 is 0 Å². The van der Waals surface area contributed by atoms with Gasteiger partial charge in [-0.25, -0.2) is 13.1 Å². The Morgan fingerprint density at radius 3 is 2.50 bits per heavy atom. The molecule has 19 heteroatoms. The zero-order valence-corrected chi connectivity index (χ0v) is 43.1. The number of morpholine rings is 1. The average Bonchev–Trinajstić information content (AvgIpc) is 3.86. The maximum absolute atomic E-state index is 14.8. The number of piperidine rings is 1. The summed E-state index contributed by atoms with van der Waals surface area (Å²) < 4.78 is 55.7. The number of H-pyrrole nitrogens is 1. The molecule has 3 saturated heterocycles. The molecule has 7 aliphatic rings. The van der Waals surface area contributed by atoms with Crippen LogP contribution in [0.15, 0.2) is 77.8 Å². The van der Waals surface area contributed by atoms with Crippen LogP contribution in [-0.4, -0.2) is 122 Å². The predicted molar refractivity (Wildman–Crippen MR) is 279 cm³/mol. The first-order valence-corrected chi connectivity index (χ1v) is 28.0. The van der Waals surface area contributed by atoms with Gasteiger partial charge >= 0.3 is 0 Å². The van der Waals surface area contributed by atoms with Crippen LogP contribution >= 0.6 is 0 Å². The van der Waals surface area contributed by atoms with Crippen LogP contribution in [0.2, 0.25) is 0 Å². The van der Waals surface area contributed by atoms with Crippen molar-refractivity contribution in [3.05, 3.63) is 99.7 Å². The van der Waals surface area contributed by atoms with Gasteiger partial charge < -0.3 is 44.2 Å². The van der Waals surface area contributed by atoms with Gasteiger partial charge in [-0.3, -0.25) is 19.8 Å². The normalized spacial score (nSPS) is 27.0. The molecule has 18 nitrogen and oxygen atoms in total.